The molecule has 2 aromatic rings. The third-order valence-electron chi connectivity index (χ3n) is 4.22. The number of fused-ring (bicyclic) bond motifs is 1. The lowest BCUT2D eigenvalue weighted by molar-refractivity contribution is 0.0950. The van der Waals surface area contributed by atoms with Gasteiger partial charge in [0.2, 0.25) is 0 Å². The molecule has 0 N–H and O–H groups in total. The molecule has 96 valence electrons. The number of rotatable bonds is 1. The topological polar surface area (TPSA) is 34.1 Å². The number of Topliss-reactive ketones (excluding diaryl/α,β-unsaturated/α-hetero) is 2. The van der Waals surface area contributed by atoms with Gasteiger partial charge < -0.3 is 0 Å². The zero-order valence-electron chi connectivity index (χ0n) is 10.8. The molecule has 0 bridgehead atoms. The Labute approximate surface area is 116 Å². The number of carbonyl (C=O) groups is 2. The van der Waals surface area contributed by atoms with E-state index in [1.54, 1.807) is 12.1 Å². The monoisotopic (exact) mass is 260 g/mol. The molecule has 20 heavy (non-hydrogen) atoms. The average molecular weight is 260 g/mol. The lowest BCUT2D eigenvalue weighted by atomic mass is 9.65. The molecule has 0 aliphatic heterocycles. The van der Waals surface area contributed by atoms with Crippen molar-refractivity contribution in [2.75, 3.05) is 0 Å². The van der Waals surface area contributed by atoms with Crippen LogP contribution in [0.1, 0.15) is 38.6 Å². The first-order chi connectivity index (χ1) is 9.77. The second-order valence-corrected chi connectivity index (χ2v) is 5.26. The molecule has 0 saturated carbocycles. The van der Waals surface area contributed by atoms with Crippen LogP contribution in [0.25, 0.3) is 0 Å². The van der Waals surface area contributed by atoms with Gasteiger partial charge in [0, 0.05) is 28.2 Å². The molecule has 0 spiro atoms. The van der Waals surface area contributed by atoms with E-state index in [1.807, 2.05) is 42.5 Å². The average Bonchev–Trinajstić information content (AvgIpc) is 2.46. The standard InChI is InChI=1S/C18H12O2/c19-17-12-8-4-5-9-13(12)18(20)16-14(10-15(16)17)11-6-2-1-3-7-11/h1-9,14H,10H2. The number of hydrogen-bond donors (Lipinski definition) is 0. The lowest BCUT2D eigenvalue weighted by Crippen LogP contribution is -2.33. The summed E-state index contributed by atoms with van der Waals surface area (Å²) in [6.45, 7) is 0. The first-order valence-electron chi connectivity index (χ1n) is 6.74. The Morgan fingerprint density at radius 1 is 0.750 bits per heavy atom. The van der Waals surface area contributed by atoms with Gasteiger partial charge in [-0.3, -0.25) is 9.59 Å². The Balaban J connectivity index is 1.83. The third kappa shape index (κ3) is 1.39. The maximum Gasteiger partial charge on any atom is 0.190 e. The predicted octanol–water partition coefficient (Wildman–Crippen LogP) is 3.55. The molecule has 2 nitrogen and oxygen atoms in total. The largest absolute Gasteiger partial charge is 0.289 e. The second kappa shape index (κ2) is 4.01. The molecule has 0 saturated heterocycles. The van der Waals surface area contributed by atoms with Crippen molar-refractivity contribution in [3.8, 4) is 0 Å². The van der Waals surface area contributed by atoms with E-state index < -0.39 is 0 Å². The fourth-order valence-electron chi connectivity index (χ4n) is 3.16. The highest BCUT2D eigenvalue weighted by molar-refractivity contribution is 6.29. The van der Waals surface area contributed by atoms with E-state index in [-0.39, 0.29) is 17.5 Å². The van der Waals surface area contributed by atoms with Crippen LogP contribution < -0.4 is 0 Å². The molecule has 2 aliphatic rings. The van der Waals surface area contributed by atoms with Crippen LogP contribution in [0.5, 0.6) is 0 Å². The van der Waals surface area contributed by atoms with Crippen LogP contribution in [0, 0.1) is 0 Å². The van der Waals surface area contributed by atoms with Crippen molar-refractivity contribution >= 4 is 11.6 Å². The van der Waals surface area contributed by atoms with Gasteiger partial charge in [-0.1, -0.05) is 54.6 Å². The van der Waals surface area contributed by atoms with Crippen molar-refractivity contribution in [1.29, 1.82) is 0 Å². The highest BCUT2D eigenvalue weighted by atomic mass is 16.1. The van der Waals surface area contributed by atoms with Crippen molar-refractivity contribution in [1.82, 2.24) is 0 Å². The molecule has 0 fully saturated rings. The molecule has 0 aromatic heterocycles. The Morgan fingerprint density at radius 2 is 1.35 bits per heavy atom. The zero-order chi connectivity index (χ0) is 13.7. The molecular weight excluding hydrogens is 248 g/mol. The molecule has 4 rings (SSSR count). The normalized spacial score (nSPS) is 20.3. The highest BCUT2D eigenvalue weighted by Crippen LogP contribution is 2.48. The van der Waals surface area contributed by atoms with Crippen molar-refractivity contribution in [3.63, 3.8) is 0 Å². The summed E-state index contributed by atoms with van der Waals surface area (Å²) in [4.78, 5) is 25.0. The zero-order valence-corrected chi connectivity index (χ0v) is 10.8. The van der Waals surface area contributed by atoms with Crippen LogP contribution in [0.2, 0.25) is 0 Å². The maximum absolute atomic E-state index is 12.6. The summed E-state index contributed by atoms with van der Waals surface area (Å²) in [7, 11) is 0. The minimum atomic E-state index is 0.0234. The Hall–Kier alpha value is -2.48. The van der Waals surface area contributed by atoms with Gasteiger partial charge >= 0.3 is 0 Å². The minimum absolute atomic E-state index is 0.0234. The molecule has 0 radical (unpaired) electrons. The quantitative estimate of drug-likeness (QED) is 0.785. The van der Waals surface area contributed by atoms with Crippen LogP contribution in [-0.4, -0.2) is 11.6 Å². The summed E-state index contributed by atoms with van der Waals surface area (Å²) in [6, 6.07) is 17.1. The van der Waals surface area contributed by atoms with Gasteiger partial charge in [0.25, 0.3) is 0 Å². The van der Waals surface area contributed by atoms with Gasteiger partial charge in [-0.25, -0.2) is 0 Å². The molecule has 2 aromatic carbocycles. The van der Waals surface area contributed by atoms with E-state index in [2.05, 4.69) is 0 Å². The molecule has 1 unspecified atom stereocenters. The molecular formula is C18H12O2. The van der Waals surface area contributed by atoms with Gasteiger partial charge in [0.05, 0.1) is 0 Å². The van der Waals surface area contributed by atoms with Crippen LogP contribution in [0.3, 0.4) is 0 Å². The van der Waals surface area contributed by atoms with Crippen molar-refractivity contribution in [3.05, 3.63) is 82.4 Å². The van der Waals surface area contributed by atoms with E-state index in [9.17, 15) is 9.59 Å². The van der Waals surface area contributed by atoms with E-state index in [1.165, 1.54) is 0 Å². The molecule has 0 heterocycles. The molecule has 2 aliphatic carbocycles. The van der Waals surface area contributed by atoms with E-state index >= 15 is 0 Å². The first kappa shape index (κ1) is 11.4. The Bertz CT molecular complexity index is 769. The first-order valence-corrected chi connectivity index (χ1v) is 6.74. The minimum Gasteiger partial charge on any atom is -0.289 e. The van der Waals surface area contributed by atoms with Gasteiger partial charge in [-0.05, 0) is 12.0 Å². The van der Waals surface area contributed by atoms with Crippen molar-refractivity contribution < 1.29 is 9.59 Å². The molecule has 0 amide bonds. The smallest absolute Gasteiger partial charge is 0.190 e. The summed E-state index contributed by atoms with van der Waals surface area (Å²) in [5, 5.41) is 0. The molecule has 2 heteroatoms. The predicted molar refractivity (Wildman–Crippen MR) is 75.9 cm³/mol. The van der Waals surface area contributed by atoms with Crippen LogP contribution in [-0.2, 0) is 0 Å². The summed E-state index contributed by atoms with van der Waals surface area (Å²) in [6.07, 6.45) is 0.679. The van der Waals surface area contributed by atoms with Crippen LogP contribution >= 0.6 is 0 Å². The summed E-state index contributed by atoms with van der Waals surface area (Å²) in [5.41, 5.74) is 3.65. The third-order valence-corrected chi connectivity index (χ3v) is 4.22. The number of carbonyl (C=O) groups excluding carboxylic acids is 2. The fraction of sp³-hybridized carbons (Fsp3) is 0.111. The number of benzene rings is 2. The van der Waals surface area contributed by atoms with Gasteiger partial charge in [0.1, 0.15) is 0 Å². The van der Waals surface area contributed by atoms with Crippen LogP contribution in [0.15, 0.2) is 65.7 Å². The maximum atomic E-state index is 12.6. The van der Waals surface area contributed by atoms with Crippen molar-refractivity contribution in [2.45, 2.75) is 12.3 Å². The van der Waals surface area contributed by atoms with E-state index in [0.717, 1.165) is 5.56 Å². The Kier molecular flexibility index (Phi) is 2.27. The summed E-state index contributed by atoms with van der Waals surface area (Å²) >= 11 is 0. The summed E-state index contributed by atoms with van der Waals surface area (Å²) < 4.78 is 0. The van der Waals surface area contributed by atoms with Crippen molar-refractivity contribution in [2.24, 2.45) is 0 Å². The van der Waals surface area contributed by atoms with Crippen LogP contribution in [0.4, 0.5) is 0 Å². The summed E-state index contributed by atoms with van der Waals surface area (Å²) in [5.74, 6) is 0.133. The van der Waals surface area contributed by atoms with Gasteiger partial charge in [0.15, 0.2) is 11.6 Å². The molecule has 1 atom stereocenters. The van der Waals surface area contributed by atoms with E-state index in [0.29, 0.717) is 28.7 Å². The number of hydrogen-bond acceptors (Lipinski definition) is 2. The van der Waals surface area contributed by atoms with Gasteiger partial charge in [-0.15, -0.1) is 0 Å². The van der Waals surface area contributed by atoms with E-state index in [4.69, 9.17) is 0 Å². The number of allylic oxidation sites excluding steroid dienone is 2. The fourth-order valence-corrected chi connectivity index (χ4v) is 3.16. The Morgan fingerprint density at radius 3 is 2.05 bits per heavy atom. The van der Waals surface area contributed by atoms with Gasteiger partial charge in [-0.2, -0.15) is 0 Å². The number of ketones is 2. The second-order valence-electron chi connectivity index (χ2n) is 5.26. The lowest BCUT2D eigenvalue weighted by Gasteiger charge is -2.35. The highest BCUT2D eigenvalue weighted by Gasteiger charge is 2.43. The SMILES string of the molecule is O=C1C2=C(C(=O)c3ccccc31)C(c1ccccc1)C2.